The Kier molecular flexibility index (Phi) is 2.44. The van der Waals surface area contributed by atoms with E-state index in [1.807, 2.05) is 0 Å². The molecule has 1 aliphatic heterocycles. The molecule has 2 aromatic rings. The van der Waals surface area contributed by atoms with Crippen molar-refractivity contribution < 1.29 is 14.9 Å². The number of nitrogen functional groups attached to an aromatic ring is 1. The standard InChI is InChI=1S/C12H15N5O4/c13-11-15-9-8(10(19)16-11)14-4-17(9)7-1-6(18)5-2-21-3-12(5,7)20/h4-7,18,20H,1-3H2,(H3,13,15,16,19)/t5-,6?,7+,12+/m1/s1. The van der Waals surface area contributed by atoms with E-state index in [2.05, 4.69) is 15.0 Å². The van der Waals surface area contributed by atoms with Crippen molar-refractivity contribution in [2.75, 3.05) is 18.9 Å². The third-order valence-electron chi connectivity index (χ3n) is 4.57. The second kappa shape index (κ2) is 4.03. The molecule has 2 aromatic heterocycles. The van der Waals surface area contributed by atoms with E-state index in [1.54, 1.807) is 4.57 Å². The Morgan fingerprint density at radius 1 is 1.57 bits per heavy atom. The normalized spacial score (nSPS) is 35.4. The molecule has 3 heterocycles. The number of hydrogen-bond donors (Lipinski definition) is 4. The third-order valence-corrected chi connectivity index (χ3v) is 4.57. The minimum absolute atomic E-state index is 0.0148. The number of nitrogens with two attached hydrogens (primary N) is 1. The van der Waals surface area contributed by atoms with E-state index in [4.69, 9.17) is 10.5 Å². The Morgan fingerprint density at radius 3 is 3.19 bits per heavy atom. The molecule has 5 N–H and O–H groups in total. The van der Waals surface area contributed by atoms with Gasteiger partial charge in [-0.05, 0) is 6.42 Å². The minimum Gasteiger partial charge on any atom is -0.393 e. The SMILES string of the molecule is Nc1nc2c(ncn2[C@H]2CC(O)[C@H]3COC[C@]32O)c(=O)[nH]1. The van der Waals surface area contributed by atoms with E-state index < -0.39 is 23.3 Å². The monoisotopic (exact) mass is 293 g/mol. The second-order valence-corrected chi connectivity index (χ2v) is 5.71. The quantitative estimate of drug-likeness (QED) is 0.495. The lowest BCUT2D eigenvalue weighted by molar-refractivity contribution is -0.0250. The Hall–Kier alpha value is -1.97. The van der Waals surface area contributed by atoms with Gasteiger partial charge >= 0.3 is 0 Å². The topological polar surface area (TPSA) is 139 Å². The molecule has 0 aromatic carbocycles. The van der Waals surface area contributed by atoms with Crippen molar-refractivity contribution >= 4 is 17.1 Å². The maximum absolute atomic E-state index is 11.8. The van der Waals surface area contributed by atoms with E-state index in [-0.39, 0.29) is 24.0 Å². The Balaban J connectivity index is 1.89. The van der Waals surface area contributed by atoms with Crippen molar-refractivity contribution in [1.82, 2.24) is 19.5 Å². The van der Waals surface area contributed by atoms with Crippen LogP contribution in [0.3, 0.4) is 0 Å². The molecule has 1 unspecified atom stereocenters. The summed E-state index contributed by atoms with van der Waals surface area (Å²) in [6, 6.07) is -0.460. The van der Waals surface area contributed by atoms with Gasteiger partial charge in [0.1, 0.15) is 5.60 Å². The largest absolute Gasteiger partial charge is 0.393 e. The molecule has 112 valence electrons. The van der Waals surface area contributed by atoms with Gasteiger partial charge in [-0.25, -0.2) is 4.98 Å². The highest BCUT2D eigenvalue weighted by molar-refractivity contribution is 5.70. The molecule has 4 atom stereocenters. The smallest absolute Gasteiger partial charge is 0.280 e. The summed E-state index contributed by atoms with van der Waals surface area (Å²) in [5.41, 5.74) is 4.41. The van der Waals surface area contributed by atoms with Crippen molar-refractivity contribution in [3.05, 3.63) is 16.7 Å². The van der Waals surface area contributed by atoms with Gasteiger partial charge in [-0.15, -0.1) is 0 Å². The summed E-state index contributed by atoms with van der Waals surface area (Å²) in [6.07, 6.45) is 1.13. The lowest BCUT2D eigenvalue weighted by atomic mass is 9.91. The van der Waals surface area contributed by atoms with Crippen molar-refractivity contribution in [2.24, 2.45) is 5.92 Å². The molecule has 9 nitrogen and oxygen atoms in total. The summed E-state index contributed by atoms with van der Waals surface area (Å²) in [7, 11) is 0. The van der Waals surface area contributed by atoms with Crippen LogP contribution >= 0.6 is 0 Å². The maximum atomic E-state index is 11.8. The van der Waals surface area contributed by atoms with Crippen LogP contribution in [0.4, 0.5) is 5.95 Å². The lowest BCUT2D eigenvalue weighted by Crippen LogP contribution is -2.41. The van der Waals surface area contributed by atoms with Crippen molar-refractivity contribution in [2.45, 2.75) is 24.2 Å². The van der Waals surface area contributed by atoms with Crippen LogP contribution in [0.5, 0.6) is 0 Å². The predicted octanol–water partition coefficient (Wildman–Crippen LogP) is -1.61. The number of aromatic amines is 1. The molecule has 0 spiro atoms. The number of fused-ring (bicyclic) bond motifs is 2. The fourth-order valence-corrected chi connectivity index (χ4v) is 3.51. The van der Waals surface area contributed by atoms with E-state index in [0.29, 0.717) is 18.7 Å². The number of aliphatic hydroxyl groups is 2. The van der Waals surface area contributed by atoms with E-state index in [9.17, 15) is 15.0 Å². The van der Waals surface area contributed by atoms with E-state index in [1.165, 1.54) is 6.33 Å². The molecule has 1 saturated carbocycles. The van der Waals surface area contributed by atoms with Crippen molar-refractivity contribution in [1.29, 1.82) is 0 Å². The van der Waals surface area contributed by atoms with Gasteiger partial charge in [-0.3, -0.25) is 9.78 Å². The van der Waals surface area contributed by atoms with E-state index >= 15 is 0 Å². The zero-order chi connectivity index (χ0) is 14.8. The van der Waals surface area contributed by atoms with Crippen LogP contribution in [0, 0.1) is 5.92 Å². The Morgan fingerprint density at radius 2 is 2.38 bits per heavy atom. The van der Waals surface area contributed by atoms with Crippen molar-refractivity contribution in [3.8, 4) is 0 Å². The molecular formula is C12H15N5O4. The highest BCUT2D eigenvalue weighted by Crippen LogP contribution is 2.48. The molecule has 0 radical (unpaired) electrons. The zero-order valence-corrected chi connectivity index (χ0v) is 11.1. The van der Waals surface area contributed by atoms with Crippen LogP contribution < -0.4 is 11.3 Å². The average molecular weight is 293 g/mol. The van der Waals surface area contributed by atoms with E-state index in [0.717, 1.165) is 0 Å². The number of hydrogen-bond acceptors (Lipinski definition) is 7. The fraction of sp³-hybridized carbons (Fsp3) is 0.583. The average Bonchev–Trinajstić information content (AvgIpc) is 3.05. The van der Waals surface area contributed by atoms with Crippen LogP contribution in [0.2, 0.25) is 0 Å². The number of nitrogens with one attached hydrogen (secondary N) is 1. The number of anilines is 1. The zero-order valence-electron chi connectivity index (χ0n) is 11.1. The Bertz CT molecular complexity index is 771. The summed E-state index contributed by atoms with van der Waals surface area (Å²) >= 11 is 0. The summed E-state index contributed by atoms with van der Waals surface area (Å²) in [4.78, 5) is 22.3. The number of aliphatic hydroxyl groups excluding tert-OH is 1. The first-order valence-corrected chi connectivity index (χ1v) is 6.71. The molecule has 0 amide bonds. The van der Waals surface area contributed by atoms with Crippen LogP contribution in [0.15, 0.2) is 11.1 Å². The van der Waals surface area contributed by atoms with Gasteiger partial charge in [0.25, 0.3) is 5.56 Å². The number of aromatic nitrogens is 4. The molecular weight excluding hydrogens is 278 g/mol. The van der Waals surface area contributed by atoms with Crippen LogP contribution in [0.25, 0.3) is 11.2 Å². The van der Waals surface area contributed by atoms with Gasteiger partial charge in [-0.2, -0.15) is 4.98 Å². The number of H-pyrrole nitrogens is 1. The highest BCUT2D eigenvalue weighted by Gasteiger charge is 2.58. The maximum Gasteiger partial charge on any atom is 0.280 e. The molecule has 0 bridgehead atoms. The second-order valence-electron chi connectivity index (χ2n) is 5.71. The molecule has 1 aliphatic carbocycles. The molecule has 4 rings (SSSR count). The number of imidazole rings is 1. The molecule has 2 fully saturated rings. The fourth-order valence-electron chi connectivity index (χ4n) is 3.51. The lowest BCUT2D eigenvalue weighted by Gasteiger charge is -2.28. The van der Waals surface area contributed by atoms with Crippen LogP contribution in [0.1, 0.15) is 12.5 Å². The molecule has 1 saturated heterocycles. The Labute approximate surface area is 118 Å². The molecule has 2 aliphatic rings. The van der Waals surface area contributed by atoms with Gasteiger partial charge < -0.3 is 25.3 Å². The van der Waals surface area contributed by atoms with Gasteiger partial charge in [0.2, 0.25) is 5.95 Å². The van der Waals surface area contributed by atoms with Gasteiger partial charge in [0.15, 0.2) is 11.2 Å². The third kappa shape index (κ3) is 1.59. The van der Waals surface area contributed by atoms with Crippen molar-refractivity contribution in [3.63, 3.8) is 0 Å². The first-order chi connectivity index (χ1) is 10.0. The number of rotatable bonds is 1. The first-order valence-electron chi connectivity index (χ1n) is 6.71. The molecule has 9 heteroatoms. The highest BCUT2D eigenvalue weighted by atomic mass is 16.5. The summed E-state index contributed by atoms with van der Waals surface area (Å²) in [5, 5.41) is 21.0. The number of ether oxygens (including phenoxy) is 1. The summed E-state index contributed by atoms with van der Waals surface area (Å²) in [5.74, 6) is -0.363. The number of nitrogens with zero attached hydrogens (tertiary/aromatic N) is 3. The van der Waals surface area contributed by atoms with Crippen LogP contribution in [-0.4, -0.2) is 54.7 Å². The van der Waals surface area contributed by atoms with Gasteiger partial charge in [0, 0.05) is 5.92 Å². The van der Waals surface area contributed by atoms with Crippen LogP contribution in [-0.2, 0) is 4.74 Å². The van der Waals surface area contributed by atoms with Gasteiger partial charge in [0.05, 0.1) is 31.7 Å². The first kappa shape index (κ1) is 12.7. The predicted molar refractivity (Wildman–Crippen MR) is 71.5 cm³/mol. The van der Waals surface area contributed by atoms with Gasteiger partial charge in [-0.1, -0.05) is 0 Å². The summed E-state index contributed by atoms with van der Waals surface area (Å²) in [6.45, 7) is 0.453. The minimum atomic E-state index is -1.19. The summed E-state index contributed by atoms with van der Waals surface area (Å²) < 4.78 is 6.93. The molecule has 21 heavy (non-hydrogen) atoms.